The first kappa shape index (κ1) is 50.1. The van der Waals surface area contributed by atoms with Crippen LogP contribution in [-0.4, -0.2) is 159 Å². The number of aryl methyl sites for hydroxylation is 1. The first-order valence-electron chi connectivity index (χ1n) is 20.2. The third-order valence-electron chi connectivity index (χ3n) is 7.67. The van der Waals surface area contributed by atoms with Crippen LogP contribution in [0.25, 0.3) is 0 Å². The summed E-state index contributed by atoms with van der Waals surface area (Å²) in [5.41, 5.74) is 1.38. The van der Waals surface area contributed by atoms with Gasteiger partial charge in [-0.05, 0) is 30.5 Å². The van der Waals surface area contributed by atoms with Crippen LogP contribution in [0.5, 0.6) is 5.75 Å². The first-order valence-corrected chi connectivity index (χ1v) is 20.2. The number of benzene rings is 1. The van der Waals surface area contributed by atoms with Crippen LogP contribution < -0.4 is 4.74 Å². The first-order chi connectivity index (χ1) is 26.9. The van der Waals surface area contributed by atoms with E-state index in [4.69, 9.17) is 61.6 Å². The third kappa shape index (κ3) is 38.4. The van der Waals surface area contributed by atoms with E-state index < -0.39 is 0 Å². The summed E-state index contributed by atoms with van der Waals surface area (Å²) in [6.45, 7) is 18.1. The van der Waals surface area contributed by atoms with Gasteiger partial charge in [-0.15, -0.1) is 0 Å². The predicted molar refractivity (Wildman–Crippen MR) is 209 cm³/mol. The highest BCUT2D eigenvalue weighted by atomic mass is 16.6. The van der Waals surface area contributed by atoms with E-state index in [9.17, 15) is 0 Å². The van der Waals surface area contributed by atoms with E-state index in [1.54, 1.807) is 0 Å². The van der Waals surface area contributed by atoms with E-state index in [1.165, 1.54) is 56.8 Å². The summed E-state index contributed by atoms with van der Waals surface area (Å²) in [4.78, 5) is 0. The Labute approximate surface area is 326 Å². The van der Waals surface area contributed by atoms with Gasteiger partial charge in [-0.2, -0.15) is 0 Å². The van der Waals surface area contributed by atoms with Crippen molar-refractivity contribution in [1.29, 1.82) is 0 Å². The zero-order valence-corrected chi connectivity index (χ0v) is 33.5. The molecule has 0 bridgehead atoms. The van der Waals surface area contributed by atoms with Gasteiger partial charge in [0.1, 0.15) is 19.0 Å². The molecule has 54 heavy (non-hydrogen) atoms. The van der Waals surface area contributed by atoms with Gasteiger partial charge >= 0.3 is 0 Å². The molecule has 0 saturated carbocycles. The fourth-order valence-electron chi connectivity index (χ4n) is 4.75. The van der Waals surface area contributed by atoms with Crippen LogP contribution in [-0.2, 0) is 63.3 Å². The number of rotatable bonds is 46. The summed E-state index contributed by atoms with van der Waals surface area (Å²) in [5, 5.41) is 0. The minimum atomic E-state index is 0.501. The average Bonchev–Trinajstić information content (AvgIpc) is 3.19. The standard InChI is InChI=1S/C41H74O13/c1-3-5-6-7-8-9-10-11-40-12-14-41(15-13-40)54-39-38-53-37-36-52-35-34-51-33-32-50-31-30-49-29-28-48-27-26-47-25-24-46-23-22-45-21-20-44-19-18-43-17-16-42-4-2/h4,12-15H,2-3,5-11,16-39H2,1H3. The Balaban J connectivity index is 1.67. The topological polar surface area (TPSA) is 120 Å². The van der Waals surface area contributed by atoms with Crippen molar-refractivity contribution in [3.63, 3.8) is 0 Å². The maximum Gasteiger partial charge on any atom is 0.119 e. The molecule has 13 nitrogen and oxygen atoms in total. The molecule has 0 saturated heterocycles. The van der Waals surface area contributed by atoms with Crippen LogP contribution in [0, 0.1) is 0 Å². The normalized spacial score (nSPS) is 11.4. The van der Waals surface area contributed by atoms with Gasteiger partial charge in [0.05, 0.1) is 152 Å². The molecule has 0 heterocycles. The molecule has 0 N–H and O–H groups in total. The maximum atomic E-state index is 5.79. The Morgan fingerprint density at radius 2 is 0.667 bits per heavy atom. The van der Waals surface area contributed by atoms with Crippen LogP contribution >= 0.6 is 0 Å². The highest BCUT2D eigenvalue weighted by molar-refractivity contribution is 5.27. The summed E-state index contributed by atoms with van der Waals surface area (Å²) < 4.78 is 71.1. The van der Waals surface area contributed by atoms with Gasteiger partial charge in [0.25, 0.3) is 0 Å². The summed E-state index contributed by atoms with van der Waals surface area (Å²) in [7, 11) is 0. The molecule has 0 aliphatic rings. The van der Waals surface area contributed by atoms with Crippen LogP contribution in [0.1, 0.15) is 57.4 Å². The highest BCUT2D eigenvalue weighted by Gasteiger charge is 1.99. The van der Waals surface area contributed by atoms with Crippen molar-refractivity contribution in [2.45, 2.75) is 58.3 Å². The van der Waals surface area contributed by atoms with Gasteiger partial charge in [-0.25, -0.2) is 0 Å². The lowest BCUT2D eigenvalue weighted by Gasteiger charge is -2.09. The SMILES string of the molecule is C=COCCOCCOCCOCCOCCOCCOCCOCCOCCOCCOCCOCCOc1ccc(CCCCCCCCC)cc1. The fraction of sp³-hybridized carbons (Fsp3) is 0.805. The van der Waals surface area contributed by atoms with Crippen molar-refractivity contribution in [2.75, 3.05) is 159 Å². The molecule has 0 amide bonds. The highest BCUT2D eigenvalue weighted by Crippen LogP contribution is 2.15. The van der Waals surface area contributed by atoms with Gasteiger partial charge in [0, 0.05) is 0 Å². The summed E-state index contributed by atoms with van der Waals surface area (Å²) in [6.07, 6.45) is 11.9. The largest absolute Gasteiger partial charge is 0.499 e. The molecule has 1 rings (SSSR count). The van der Waals surface area contributed by atoms with Crippen LogP contribution in [0.4, 0.5) is 0 Å². The molecule has 0 radical (unpaired) electrons. The summed E-state index contributed by atoms with van der Waals surface area (Å²) in [5.74, 6) is 0.886. The van der Waals surface area contributed by atoms with Crippen molar-refractivity contribution in [3.05, 3.63) is 42.7 Å². The smallest absolute Gasteiger partial charge is 0.119 e. The molecule has 0 fully saturated rings. The lowest BCUT2D eigenvalue weighted by molar-refractivity contribution is -0.0280. The van der Waals surface area contributed by atoms with E-state index in [0.29, 0.717) is 159 Å². The molecule has 0 atom stereocenters. The monoisotopic (exact) mass is 775 g/mol. The van der Waals surface area contributed by atoms with Crippen molar-refractivity contribution in [2.24, 2.45) is 0 Å². The lowest BCUT2D eigenvalue weighted by atomic mass is 10.0. The molecular weight excluding hydrogens is 700 g/mol. The lowest BCUT2D eigenvalue weighted by Crippen LogP contribution is -2.15. The Kier molecular flexibility index (Phi) is 40.7. The Hall–Kier alpha value is -1.88. The van der Waals surface area contributed by atoms with Gasteiger partial charge in [-0.3, -0.25) is 0 Å². The van der Waals surface area contributed by atoms with Crippen LogP contribution in [0.2, 0.25) is 0 Å². The number of unbranched alkanes of at least 4 members (excludes halogenated alkanes) is 6. The Morgan fingerprint density at radius 3 is 1.00 bits per heavy atom. The summed E-state index contributed by atoms with van der Waals surface area (Å²) in [6, 6.07) is 8.45. The van der Waals surface area contributed by atoms with Crippen LogP contribution in [0.3, 0.4) is 0 Å². The zero-order valence-electron chi connectivity index (χ0n) is 33.5. The minimum absolute atomic E-state index is 0.501. The molecule has 0 spiro atoms. The number of hydrogen-bond donors (Lipinski definition) is 0. The van der Waals surface area contributed by atoms with Crippen molar-refractivity contribution < 1.29 is 61.6 Å². The zero-order chi connectivity index (χ0) is 38.5. The minimum Gasteiger partial charge on any atom is -0.499 e. The molecule has 1 aromatic rings. The molecule has 0 aliphatic carbocycles. The molecule has 0 unspecified atom stereocenters. The average molecular weight is 775 g/mol. The van der Waals surface area contributed by atoms with E-state index in [0.717, 1.165) is 12.2 Å². The molecule has 0 aliphatic heterocycles. The number of hydrogen-bond acceptors (Lipinski definition) is 13. The van der Waals surface area contributed by atoms with Gasteiger partial charge in [-0.1, -0.05) is 64.2 Å². The van der Waals surface area contributed by atoms with Crippen LogP contribution in [0.15, 0.2) is 37.1 Å². The van der Waals surface area contributed by atoms with E-state index >= 15 is 0 Å². The van der Waals surface area contributed by atoms with Crippen molar-refractivity contribution in [3.8, 4) is 5.75 Å². The summed E-state index contributed by atoms with van der Waals surface area (Å²) >= 11 is 0. The van der Waals surface area contributed by atoms with E-state index in [-0.39, 0.29) is 0 Å². The molecule has 13 heteroatoms. The molecule has 0 aromatic heterocycles. The van der Waals surface area contributed by atoms with Gasteiger partial charge < -0.3 is 61.6 Å². The van der Waals surface area contributed by atoms with E-state index in [2.05, 4.69) is 37.8 Å². The Morgan fingerprint density at radius 1 is 0.370 bits per heavy atom. The van der Waals surface area contributed by atoms with E-state index in [1.807, 2.05) is 0 Å². The molecule has 1 aromatic carbocycles. The fourth-order valence-corrected chi connectivity index (χ4v) is 4.75. The van der Waals surface area contributed by atoms with Gasteiger partial charge in [0.15, 0.2) is 0 Å². The number of ether oxygens (including phenoxy) is 13. The van der Waals surface area contributed by atoms with Crippen molar-refractivity contribution >= 4 is 0 Å². The Bertz CT molecular complexity index is 862. The predicted octanol–water partition coefficient (Wildman–Crippen LogP) is 5.70. The second kappa shape index (κ2) is 43.8. The van der Waals surface area contributed by atoms with Crippen molar-refractivity contribution in [1.82, 2.24) is 0 Å². The van der Waals surface area contributed by atoms with Gasteiger partial charge in [0.2, 0.25) is 0 Å². The quantitative estimate of drug-likeness (QED) is 0.0596. The molecular formula is C41H74O13. The second-order valence-electron chi connectivity index (χ2n) is 12.1. The second-order valence-corrected chi connectivity index (χ2v) is 12.1. The molecule has 316 valence electrons. The maximum absolute atomic E-state index is 5.79. The third-order valence-corrected chi connectivity index (χ3v) is 7.67.